The first-order chi connectivity index (χ1) is 7.13. The number of aryl methyl sites for hydroxylation is 1. The molecule has 0 saturated carbocycles. The molecule has 1 rings (SSSR count). The second-order valence-electron chi connectivity index (χ2n) is 3.53. The van der Waals surface area contributed by atoms with Gasteiger partial charge in [-0.3, -0.25) is 0 Å². The standard InChI is InChI=1S/C12H16O3/c1-3-11(13)8-15-12(14)10-6-4-9(2)5-7-10/h4-7,11,13H,3,8H2,1-2H3/t11-/m0/s1. The molecule has 0 spiro atoms. The van der Waals surface area contributed by atoms with E-state index in [0.717, 1.165) is 5.56 Å². The lowest BCUT2D eigenvalue weighted by atomic mass is 10.1. The molecular formula is C12H16O3. The summed E-state index contributed by atoms with van der Waals surface area (Å²) in [4.78, 5) is 11.4. The van der Waals surface area contributed by atoms with Crippen LogP contribution >= 0.6 is 0 Å². The number of ether oxygens (including phenoxy) is 1. The Morgan fingerprint density at radius 2 is 2.00 bits per heavy atom. The zero-order valence-electron chi connectivity index (χ0n) is 9.06. The lowest BCUT2D eigenvalue weighted by molar-refractivity contribution is 0.0250. The Hall–Kier alpha value is -1.35. The SMILES string of the molecule is CC[C@H](O)COC(=O)c1ccc(C)cc1. The molecule has 3 heteroatoms. The first-order valence-corrected chi connectivity index (χ1v) is 5.05. The summed E-state index contributed by atoms with van der Waals surface area (Å²) in [5.74, 6) is -0.387. The van der Waals surface area contributed by atoms with Gasteiger partial charge in [0.05, 0.1) is 11.7 Å². The van der Waals surface area contributed by atoms with Crippen LogP contribution in [0.4, 0.5) is 0 Å². The number of rotatable bonds is 4. The summed E-state index contributed by atoms with van der Waals surface area (Å²) in [6.07, 6.45) is 0.0145. The van der Waals surface area contributed by atoms with Crippen LogP contribution in [0.25, 0.3) is 0 Å². The summed E-state index contributed by atoms with van der Waals surface area (Å²) in [5, 5.41) is 9.22. The summed E-state index contributed by atoms with van der Waals surface area (Å²) in [5.41, 5.74) is 1.61. The Morgan fingerprint density at radius 3 is 2.53 bits per heavy atom. The zero-order valence-corrected chi connectivity index (χ0v) is 9.06. The monoisotopic (exact) mass is 208 g/mol. The molecule has 0 unspecified atom stereocenters. The van der Waals surface area contributed by atoms with Gasteiger partial charge in [-0.2, -0.15) is 0 Å². The molecular weight excluding hydrogens is 192 g/mol. The summed E-state index contributed by atoms with van der Waals surface area (Å²) < 4.78 is 4.93. The molecule has 0 aliphatic rings. The molecule has 3 nitrogen and oxygen atoms in total. The maximum atomic E-state index is 11.4. The van der Waals surface area contributed by atoms with E-state index in [4.69, 9.17) is 4.74 Å². The van der Waals surface area contributed by atoms with Gasteiger partial charge in [-0.1, -0.05) is 24.6 Å². The highest BCUT2D eigenvalue weighted by Gasteiger charge is 2.08. The maximum Gasteiger partial charge on any atom is 0.338 e. The molecule has 0 radical (unpaired) electrons. The first kappa shape index (κ1) is 11.7. The van der Waals surface area contributed by atoms with E-state index in [0.29, 0.717) is 12.0 Å². The van der Waals surface area contributed by atoms with Crippen molar-refractivity contribution in [2.75, 3.05) is 6.61 Å². The molecule has 0 saturated heterocycles. The molecule has 0 heterocycles. The predicted octanol–water partition coefficient (Wildman–Crippen LogP) is 1.92. The Bertz CT molecular complexity index is 316. The Morgan fingerprint density at radius 1 is 1.40 bits per heavy atom. The van der Waals surface area contributed by atoms with E-state index in [2.05, 4.69) is 0 Å². The summed E-state index contributed by atoms with van der Waals surface area (Å²) in [6.45, 7) is 3.85. The van der Waals surface area contributed by atoms with Gasteiger partial charge in [-0.05, 0) is 25.5 Å². The average Bonchev–Trinajstić information content (AvgIpc) is 2.26. The average molecular weight is 208 g/mol. The van der Waals surface area contributed by atoms with Crippen LogP contribution < -0.4 is 0 Å². The van der Waals surface area contributed by atoms with Gasteiger partial charge in [0.15, 0.2) is 0 Å². The normalized spacial score (nSPS) is 12.2. The van der Waals surface area contributed by atoms with Crippen molar-refractivity contribution in [2.45, 2.75) is 26.4 Å². The number of esters is 1. The van der Waals surface area contributed by atoms with E-state index in [-0.39, 0.29) is 12.6 Å². The Labute approximate surface area is 89.7 Å². The highest BCUT2D eigenvalue weighted by Crippen LogP contribution is 2.05. The van der Waals surface area contributed by atoms with Crippen LogP contribution in [0.3, 0.4) is 0 Å². The second kappa shape index (κ2) is 5.51. The lowest BCUT2D eigenvalue weighted by Gasteiger charge is -2.08. The number of hydrogen-bond donors (Lipinski definition) is 1. The van der Waals surface area contributed by atoms with E-state index in [1.807, 2.05) is 26.0 Å². The number of carbonyl (C=O) groups excluding carboxylic acids is 1. The van der Waals surface area contributed by atoms with Gasteiger partial charge in [0.25, 0.3) is 0 Å². The van der Waals surface area contributed by atoms with E-state index in [1.54, 1.807) is 12.1 Å². The lowest BCUT2D eigenvalue weighted by Crippen LogP contribution is -2.17. The number of hydrogen-bond acceptors (Lipinski definition) is 3. The van der Waals surface area contributed by atoms with Crippen LogP contribution in [0, 0.1) is 6.92 Å². The van der Waals surface area contributed by atoms with Gasteiger partial charge in [0.2, 0.25) is 0 Å². The molecule has 0 bridgehead atoms. The fraction of sp³-hybridized carbons (Fsp3) is 0.417. The van der Waals surface area contributed by atoms with E-state index in [9.17, 15) is 9.90 Å². The Kier molecular flexibility index (Phi) is 4.31. The van der Waals surface area contributed by atoms with Crippen molar-refractivity contribution in [3.8, 4) is 0 Å². The van der Waals surface area contributed by atoms with E-state index < -0.39 is 6.10 Å². The van der Waals surface area contributed by atoms with E-state index >= 15 is 0 Å². The Balaban J connectivity index is 2.50. The van der Waals surface area contributed by atoms with Crippen molar-refractivity contribution < 1.29 is 14.6 Å². The van der Waals surface area contributed by atoms with Crippen molar-refractivity contribution in [2.24, 2.45) is 0 Å². The van der Waals surface area contributed by atoms with Crippen molar-refractivity contribution in [1.29, 1.82) is 0 Å². The molecule has 1 N–H and O–H groups in total. The van der Waals surface area contributed by atoms with Crippen molar-refractivity contribution in [1.82, 2.24) is 0 Å². The molecule has 1 aromatic rings. The molecule has 82 valence electrons. The third-order valence-electron chi connectivity index (χ3n) is 2.17. The van der Waals surface area contributed by atoms with Gasteiger partial charge in [0, 0.05) is 0 Å². The predicted molar refractivity (Wildman–Crippen MR) is 57.8 cm³/mol. The van der Waals surface area contributed by atoms with Crippen LogP contribution in [0.2, 0.25) is 0 Å². The summed E-state index contributed by atoms with van der Waals surface area (Å²) in [6, 6.07) is 7.14. The molecule has 0 fully saturated rings. The number of aliphatic hydroxyl groups is 1. The van der Waals surface area contributed by atoms with Crippen LogP contribution in [-0.2, 0) is 4.74 Å². The van der Waals surface area contributed by atoms with E-state index in [1.165, 1.54) is 0 Å². The van der Waals surface area contributed by atoms with Crippen LogP contribution in [-0.4, -0.2) is 23.8 Å². The molecule has 1 aromatic carbocycles. The minimum Gasteiger partial charge on any atom is -0.459 e. The molecule has 0 amide bonds. The van der Waals surface area contributed by atoms with Crippen LogP contribution in [0.1, 0.15) is 29.3 Å². The third kappa shape index (κ3) is 3.72. The summed E-state index contributed by atoms with van der Waals surface area (Å²) >= 11 is 0. The molecule has 1 atom stereocenters. The molecule has 0 aliphatic carbocycles. The largest absolute Gasteiger partial charge is 0.459 e. The zero-order chi connectivity index (χ0) is 11.3. The van der Waals surface area contributed by atoms with Gasteiger partial charge < -0.3 is 9.84 Å². The van der Waals surface area contributed by atoms with Gasteiger partial charge in [-0.25, -0.2) is 4.79 Å². The summed E-state index contributed by atoms with van der Waals surface area (Å²) in [7, 11) is 0. The van der Waals surface area contributed by atoms with Gasteiger partial charge in [-0.15, -0.1) is 0 Å². The van der Waals surface area contributed by atoms with Gasteiger partial charge >= 0.3 is 5.97 Å². The number of carbonyl (C=O) groups is 1. The molecule has 0 aromatic heterocycles. The van der Waals surface area contributed by atoms with Crippen molar-refractivity contribution >= 4 is 5.97 Å². The minimum atomic E-state index is -0.570. The van der Waals surface area contributed by atoms with Crippen LogP contribution in [0.15, 0.2) is 24.3 Å². The smallest absolute Gasteiger partial charge is 0.338 e. The molecule has 15 heavy (non-hydrogen) atoms. The highest BCUT2D eigenvalue weighted by molar-refractivity contribution is 5.89. The number of aliphatic hydroxyl groups excluding tert-OH is 1. The third-order valence-corrected chi connectivity index (χ3v) is 2.17. The number of benzene rings is 1. The second-order valence-corrected chi connectivity index (χ2v) is 3.53. The fourth-order valence-electron chi connectivity index (χ4n) is 1.06. The first-order valence-electron chi connectivity index (χ1n) is 5.05. The molecule has 0 aliphatic heterocycles. The minimum absolute atomic E-state index is 0.0587. The van der Waals surface area contributed by atoms with Gasteiger partial charge in [0.1, 0.15) is 6.61 Å². The quantitative estimate of drug-likeness (QED) is 0.769. The van der Waals surface area contributed by atoms with Crippen LogP contribution in [0.5, 0.6) is 0 Å². The fourth-order valence-corrected chi connectivity index (χ4v) is 1.06. The van der Waals surface area contributed by atoms with Crippen molar-refractivity contribution in [3.05, 3.63) is 35.4 Å². The van der Waals surface area contributed by atoms with Crippen molar-refractivity contribution in [3.63, 3.8) is 0 Å². The topological polar surface area (TPSA) is 46.5 Å². The maximum absolute atomic E-state index is 11.4. The highest BCUT2D eigenvalue weighted by atomic mass is 16.5.